The molecule has 2 nitrogen and oxygen atoms in total. The Hall–Kier alpha value is -1.49. The van der Waals surface area contributed by atoms with Crippen LogP contribution in [0.5, 0.6) is 0 Å². The van der Waals surface area contributed by atoms with Gasteiger partial charge in [-0.25, -0.2) is 13.8 Å². The molecule has 5 heteroatoms. The molecule has 1 aromatic heterocycles. The van der Waals surface area contributed by atoms with Crippen LogP contribution in [0.4, 0.5) is 14.6 Å². The third kappa shape index (κ3) is 3.77. The lowest BCUT2D eigenvalue weighted by atomic mass is 10.1. The molecule has 94 valence electrons. The quantitative estimate of drug-likeness (QED) is 0.929. The van der Waals surface area contributed by atoms with E-state index in [1.165, 1.54) is 12.1 Å². The Morgan fingerprint density at radius 2 is 1.83 bits per heavy atom. The maximum atomic E-state index is 12.9. The Balaban J connectivity index is 1.90. The molecule has 2 rings (SSSR count). The van der Waals surface area contributed by atoms with Crippen molar-refractivity contribution >= 4 is 21.7 Å². The maximum absolute atomic E-state index is 12.9. The van der Waals surface area contributed by atoms with E-state index >= 15 is 0 Å². The predicted molar refractivity (Wildman–Crippen MR) is 70.5 cm³/mol. The normalized spacial score (nSPS) is 10.4. The monoisotopic (exact) mass is 312 g/mol. The third-order valence-electron chi connectivity index (χ3n) is 2.37. The van der Waals surface area contributed by atoms with Gasteiger partial charge >= 0.3 is 0 Å². The highest BCUT2D eigenvalue weighted by molar-refractivity contribution is 9.10. The van der Waals surface area contributed by atoms with E-state index in [2.05, 4.69) is 26.2 Å². The molecule has 0 unspecified atom stereocenters. The summed E-state index contributed by atoms with van der Waals surface area (Å²) >= 11 is 3.29. The smallest absolute Gasteiger partial charge is 0.126 e. The summed E-state index contributed by atoms with van der Waals surface area (Å²) in [7, 11) is 0. The molecule has 0 atom stereocenters. The fourth-order valence-corrected chi connectivity index (χ4v) is 1.81. The summed E-state index contributed by atoms with van der Waals surface area (Å²) in [6.45, 7) is 0.567. The highest BCUT2D eigenvalue weighted by Crippen LogP contribution is 2.11. The summed E-state index contributed by atoms with van der Waals surface area (Å²) < 4.78 is 26.8. The molecule has 1 aromatic carbocycles. The zero-order valence-electron chi connectivity index (χ0n) is 9.46. The van der Waals surface area contributed by atoms with Crippen molar-refractivity contribution in [1.29, 1.82) is 0 Å². The van der Waals surface area contributed by atoms with Crippen LogP contribution in [0.1, 0.15) is 5.56 Å². The molecular weight excluding hydrogens is 302 g/mol. The van der Waals surface area contributed by atoms with E-state index in [4.69, 9.17) is 0 Å². The highest BCUT2D eigenvalue weighted by atomic mass is 79.9. The van der Waals surface area contributed by atoms with Crippen LogP contribution in [-0.4, -0.2) is 11.5 Å². The molecule has 0 saturated heterocycles. The average Bonchev–Trinajstić information content (AvgIpc) is 2.30. The first-order valence-corrected chi connectivity index (χ1v) is 6.23. The van der Waals surface area contributed by atoms with Gasteiger partial charge in [-0.05, 0) is 52.2 Å². The highest BCUT2D eigenvalue weighted by Gasteiger charge is 2.00. The largest absolute Gasteiger partial charge is 0.370 e. The molecule has 0 radical (unpaired) electrons. The Labute approximate surface area is 112 Å². The van der Waals surface area contributed by atoms with Gasteiger partial charge in [0.25, 0.3) is 0 Å². The second-order valence-electron chi connectivity index (χ2n) is 3.82. The Morgan fingerprint density at radius 1 is 1.11 bits per heavy atom. The van der Waals surface area contributed by atoms with Crippen LogP contribution in [0.25, 0.3) is 0 Å². The first-order valence-electron chi connectivity index (χ1n) is 5.44. The van der Waals surface area contributed by atoms with E-state index in [1.807, 2.05) is 12.1 Å². The molecule has 0 aliphatic rings. The number of nitrogens with zero attached hydrogens (tertiary/aromatic N) is 1. The number of pyridine rings is 1. The number of benzene rings is 1. The molecule has 0 aliphatic heterocycles. The second-order valence-corrected chi connectivity index (χ2v) is 4.73. The van der Waals surface area contributed by atoms with Crippen LogP contribution in [0.3, 0.4) is 0 Å². The summed E-state index contributed by atoms with van der Waals surface area (Å²) in [4.78, 5) is 4.14. The molecule has 1 heterocycles. The zero-order chi connectivity index (χ0) is 13.0. The number of anilines is 1. The topological polar surface area (TPSA) is 24.9 Å². The van der Waals surface area contributed by atoms with E-state index in [1.54, 1.807) is 6.20 Å². The third-order valence-corrected chi connectivity index (χ3v) is 2.84. The van der Waals surface area contributed by atoms with Crippen LogP contribution < -0.4 is 5.32 Å². The summed E-state index contributed by atoms with van der Waals surface area (Å²) in [5.74, 6) is -0.367. The lowest BCUT2D eigenvalue weighted by Gasteiger charge is -2.06. The van der Waals surface area contributed by atoms with Gasteiger partial charge in [-0.1, -0.05) is 0 Å². The molecule has 2 aromatic rings. The number of halogens is 3. The molecule has 0 amide bonds. The van der Waals surface area contributed by atoms with Crippen LogP contribution >= 0.6 is 15.9 Å². The SMILES string of the molecule is Fc1cc(F)cc(CCNc2ccc(Br)cn2)c1. The minimum absolute atomic E-state index is 0.534. The van der Waals surface area contributed by atoms with Gasteiger partial charge in [-0.3, -0.25) is 0 Å². The number of nitrogens with one attached hydrogen (secondary N) is 1. The van der Waals surface area contributed by atoms with Crippen molar-refractivity contribution in [2.45, 2.75) is 6.42 Å². The van der Waals surface area contributed by atoms with Gasteiger partial charge in [0.1, 0.15) is 17.5 Å². The molecule has 0 aliphatic carbocycles. The molecule has 0 fully saturated rings. The van der Waals surface area contributed by atoms with E-state index in [9.17, 15) is 8.78 Å². The van der Waals surface area contributed by atoms with E-state index in [0.717, 1.165) is 16.4 Å². The predicted octanol–water partition coefficient (Wildman–Crippen LogP) is 3.78. The van der Waals surface area contributed by atoms with Crippen molar-refractivity contribution in [3.63, 3.8) is 0 Å². The van der Waals surface area contributed by atoms with Gasteiger partial charge in [0, 0.05) is 23.3 Å². The summed E-state index contributed by atoms with van der Waals surface area (Å²) in [5, 5.41) is 3.08. The minimum atomic E-state index is -0.549. The standard InChI is InChI=1S/C13H11BrF2N2/c14-10-1-2-13(18-8-10)17-4-3-9-5-11(15)7-12(16)6-9/h1-2,5-8H,3-4H2,(H,17,18). The Kier molecular flexibility index (Phi) is 4.25. The van der Waals surface area contributed by atoms with Gasteiger partial charge in [0.05, 0.1) is 0 Å². The van der Waals surface area contributed by atoms with Crippen molar-refractivity contribution in [1.82, 2.24) is 4.98 Å². The number of aromatic nitrogens is 1. The fourth-order valence-electron chi connectivity index (χ4n) is 1.57. The molecule has 0 bridgehead atoms. The Bertz CT molecular complexity index is 509. The van der Waals surface area contributed by atoms with Crippen LogP contribution in [0.15, 0.2) is 41.0 Å². The van der Waals surface area contributed by atoms with Gasteiger partial charge in [0.2, 0.25) is 0 Å². The summed E-state index contributed by atoms with van der Waals surface area (Å²) in [6.07, 6.45) is 2.22. The minimum Gasteiger partial charge on any atom is -0.370 e. The average molecular weight is 313 g/mol. The van der Waals surface area contributed by atoms with E-state index in [0.29, 0.717) is 18.5 Å². The lowest BCUT2D eigenvalue weighted by Crippen LogP contribution is -2.06. The van der Waals surface area contributed by atoms with Crippen molar-refractivity contribution < 1.29 is 8.78 Å². The fraction of sp³-hybridized carbons (Fsp3) is 0.154. The van der Waals surface area contributed by atoms with Crippen molar-refractivity contribution in [3.05, 3.63) is 58.2 Å². The van der Waals surface area contributed by atoms with Crippen LogP contribution in [0, 0.1) is 11.6 Å². The van der Waals surface area contributed by atoms with Crippen LogP contribution in [0.2, 0.25) is 0 Å². The Morgan fingerprint density at radius 3 is 2.44 bits per heavy atom. The van der Waals surface area contributed by atoms with Gasteiger partial charge < -0.3 is 5.32 Å². The molecule has 0 saturated carbocycles. The first kappa shape index (κ1) is 13.0. The van der Waals surface area contributed by atoms with Crippen molar-refractivity contribution in [2.75, 3.05) is 11.9 Å². The van der Waals surface area contributed by atoms with E-state index in [-0.39, 0.29) is 0 Å². The van der Waals surface area contributed by atoms with Gasteiger partial charge in [-0.2, -0.15) is 0 Å². The molecule has 18 heavy (non-hydrogen) atoms. The maximum Gasteiger partial charge on any atom is 0.126 e. The molecular formula is C13H11BrF2N2. The molecule has 0 spiro atoms. The van der Waals surface area contributed by atoms with Crippen molar-refractivity contribution in [2.24, 2.45) is 0 Å². The summed E-state index contributed by atoms with van der Waals surface area (Å²) in [6, 6.07) is 7.24. The molecule has 1 N–H and O–H groups in total. The number of hydrogen-bond acceptors (Lipinski definition) is 2. The number of hydrogen-bond donors (Lipinski definition) is 1. The zero-order valence-corrected chi connectivity index (χ0v) is 11.0. The van der Waals surface area contributed by atoms with Gasteiger partial charge in [0.15, 0.2) is 0 Å². The second kappa shape index (κ2) is 5.91. The first-order chi connectivity index (χ1) is 8.63. The van der Waals surface area contributed by atoms with E-state index < -0.39 is 11.6 Å². The summed E-state index contributed by atoms with van der Waals surface area (Å²) in [5.41, 5.74) is 0.622. The lowest BCUT2D eigenvalue weighted by molar-refractivity contribution is 0.580. The van der Waals surface area contributed by atoms with Crippen LogP contribution in [-0.2, 0) is 6.42 Å². The van der Waals surface area contributed by atoms with Crippen molar-refractivity contribution in [3.8, 4) is 0 Å². The van der Waals surface area contributed by atoms with Gasteiger partial charge in [-0.15, -0.1) is 0 Å². The number of rotatable bonds is 4.